The Labute approximate surface area is 126 Å². The van der Waals surface area contributed by atoms with Crippen molar-refractivity contribution in [1.29, 1.82) is 0 Å². The highest BCUT2D eigenvalue weighted by Gasteiger charge is 2.25. The number of hydrogen-bond donors (Lipinski definition) is 1. The summed E-state index contributed by atoms with van der Waals surface area (Å²) < 4.78 is 16.9. The van der Waals surface area contributed by atoms with Crippen LogP contribution in [0.25, 0.3) is 0 Å². The highest BCUT2D eigenvalue weighted by molar-refractivity contribution is 7.85. The molecule has 0 aromatic heterocycles. The molecule has 0 amide bonds. The standard InChI is InChI=1S/C14H20N2O4S/c1-10(2)20-13-5-3-4-12(14(13)16(17)18)15-11-6-8-21(19)9-7-11/h3-5,10-11,15H,6-9H2,1-2H3. The second-order valence-electron chi connectivity index (χ2n) is 5.34. The molecule has 0 atom stereocenters. The predicted octanol–water partition coefficient (Wildman–Crippen LogP) is 2.71. The lowest BCUT2D eigenvalue weighted by Crippen LogP contribution is -2.29. The molecule has 2 rings (SSSR count). The molecule has 1 aliphatic rings. The zero-order valence-corrected chi connectivity index (χ0v) is 13.0. The summed E-state index contributed by atoms with van der Waals surface area (Å²) in [6.07, 6.45) is 1.40. The maximum absolute atomic E-state index is 11.4. The summed E-state index contributed by atoms with van der Waals surface area (Å²) in [4.78, 5) is 10.9. The van der Waals surface area contributed by atoms with Gasteiger partial charge in [-0.1, -0.05) is 6.07 Å². The summed E-state index contributed by atoms with van der Waals surface area (Å²) in [5.41, 5.74) is 0.439. The minimum absolute atomic E-state index is 0.0297. The van der Waals surface area contributed by atoms with E-state index >= 15 is 0 Å². The Morgan fingerprint density at radius 2 is 2.05 bits per heavy atom. The molecular weight excluding hydrogens is 292 g/mol. The molecular formula is C14H20N2O4S. The number of nitro benzene ring substituents is 1. The molecule has 1 aromatic carbocycles. The average Bonchev–Trinajstić information content (AvgIpc) is 2.40. The third-order valence-corrected chi connectivity index (χ3v) is 4.67. The van der Waals surface area contributed by atoms with Crippen molar-refractivity contribution in [3.05, 3.63) is 28.3 Å². The molecule has 1 heterocycles. The monoisotopic (exact) mass is 312 g/mol. The van der Waals surface area contributed by atoms with Crippen LogP contribution in [0.3, 0.4) is 0 Å². The number of nitrogens with zero attached hydrogens (tertiary/aromatic N) is 1. The molecule has 0 saturated carbocycles. The van der Waals surface area contributed by atoms with E-state index in [-0.39, 0.29) is 23.6 Å². The van der Waals surface area contributed by atoms with E-state index in [4.69, 9.17) is 4.74 Å². The largest absolute Gasteiger partial charge is 0.484 e. The maximum atomic E-state index is 11.4. The van der Waals surface area contributed by atoms with Crippen molar-refractivity contribution in [3.63, 3.8) is 0 Å². The second-order valence-corrected chi connectivity index (χ2v) is 7.04. The predicted molar refractivity (Wildman–Crippen MR) is 83.4 cm³/mol. The van der Waals surface area contributed by atoms with Crippen LogP contribution >= 0.6 is 0 Å². The van der Waals surface area contributed by atoms with E-state index in [9.17, 15) is 14.3 Å². The molecule has 6 nitrogen and oxygen atoms in total. The third kappa shape index (κ3) is 4.17. The van der Waals surface area contributed by atoms with E-state index in [0.29, 0.717) is 17.2 Å². The summed E-state index contributed by atoms with van der Waals surface area (Å²) in [5.74, 6) is 1.57. The van der Waals surface area contributed by atoms with Gasteiger partial charge in [0.2, 0.25) is 0 Å². The zero-order valence-electron chi connectivity index (χ0n) is 12.2. The first-order valence-electron chi connectivity index (χ1n) is 7.03. The van der Waals surface area contributed by atoms with Gasteiger partial charge in [-0.15, -0.1) is 0 Å². The molecule has 7 heteroatoms. The van der Waals surface area contributed by atoms with Gasteiger partial charge in [0, 0.05) is 28.3 Å². The minimum atomic E-state index is -0.744. The van der Waals surface area contributed by atoms with Crippen molar-refractivity contribution < 1.29 is 13.9 Å². The lowest BCUT2D eigenvalue weighted by molar-refractivity contribution is -0.385. The number of anilines is 1. The highest BCUT2D eigenvalue weighted by atomic mass is 32.2. The van der Waals surface area contributed by atoms with Gasteiger partial charge in [0.05, 0.1) is 11.0 Å². The van der Waals surface area contributed by atoms with Gasteiger partial charge in [0.15, 0.2) is 5.75 Å². The minimum Gasteiger partial charge on any atom is -0.484 e. The number of ether oxygens (including phenoxy) is 1. The van der Waals surface area contributed by atoms with Crippen molar-refractivity contribution in [2.45, 2.75) is 38.8 Å². The molecule has 0 spiro atoms. The molecule has 1 saturated heterocycles. The molecule has 1 fully saturated rings. The second kappa shape index (κ2) is 6.89. The van der Waals surface area contributed by atoms with Gasteiger partial charge < -0.3 is 10.1 Å². The SMILES string of the molecule is CC(C)Oc1cccc(NC2CCS(=O)CC2)c1[N+](=O)[O-]. The van der Waals surface area contributed by atoms with Crippen LogP contribution in [0.5, 0.6) is 5.75 Å². The van der Waals surface area contributed by atoms with Gasteiger partial charge in [0.25, 0.3) is 0 Å². The number of rotatable bonds is 5. The molecule has 1 aromatic rings. The van der Waals surface area contributed by atoms with Crippen molar-refractivity contribution in [3.8, 4) is 5.75 Å². The van der Waals surface area contributed by atoms with Gasteiger partial charge >= 0.3 is 5.69 Å². The van der Waals surface area contributed by atoms with Crippen molar-refractivity contribution >= 4 is 22.2 Å². The van der Waals surface area contributed by atoms with E-state index in [2.05, 4.69) is 5.32 Å². The van der Waals surface area contributed by atoms with Crippen molar-refractivity contribution in [1.82, 2.24) is 0 Å². The summed E-state index contributed by atoms with van der Waals surface area (Å²) in [7, 11) is -0.744. The van der Waals surface area contributed by atoms with Crippen LogP contribution < -0.4 is 10.1 Å². The normalized spacial score (nSPS) is 22.0. The number of nitrogens with one attached hydrogen (secondary N) is 1. The van der Waals surface area contributed by atoms with Gasteiger partial charge in [-0.2, -0.15) is 0 Å². The van der Waals surface area contributed by atoms with Crippen LogP contribution in [0.4, 0.5) is 11.4 Å². The van der Waals surface area contributed by atoms with Crippen molar-refractivity contribution in [2.24, 2.45) is 0 Å². The Kier molecular flexibility index (Phi) is 5.17. The summed E-state index contributed by atoms with van der Waals surface area (Å²) in [5, 5.41) is 14.6. The van der Waals surface area contributed by atoms with E-state index < -0.39 is 15.7 Å². The fourth-order valence-electron chi connectivity index (χ4n) is 2.33. The van der Waals surface area contributed by atoms with Crippen LogP contribution in [-0.4, -0.2) is 32.8 Å². The topological polar surface area (TPSA) is 81.5 Å². The van der Waals surface area contributed by atoms with Gasteiger partial charge in [-0.05, 0) is 38.8 Å². The Morgan fingerprint density at radius 3 is 2.62 bits per heavy atom. The Balaban J connectivity index is 2.22. The molecule has 116 valence electrons. The maximum Gasteiger partial charge on any atom is 0.333 e. The molecule has 1 N–H and O–H groups in total. The molecule has 0 aliphatic carbocycles. The number of benzene rings is 1. The quantitative estimate of drug-likeness (QED) is 0.668. The molecule has 1 aliphatic heterocycles. The van der Waals surface area contributed by atoms with Crippen LogP contribution in [0.15, 0.2) is 18.2 Å². The van der Waals surface area contributed by atoms with Crippen LogP contribution in [-0.2, 0) is 10.8 Å². The summed E-state index contributed by atoms with van der Waals surface area (Å²) in [6, 6.07) is 5.17. The van der Waals surface area contributed by atoms with Crippen molar-refractivity contribution in [2.75, 3.05) is 16.8 Å². The number of para-hydroxylation sites is 1. The first-order valence-corrected chi connectivity index (χ1v) is 8.51. The fraction of sp³-hybridized carbons (Fsp3) is 0.571. The van der Waals surface area contributed by atoms with Crippen LogP contribution in [0.2, 0.25) is 0 Å². The Bertz CT molecular complexity index is 538. The van der Waals surface area contributed by atoms with E-state index in [1.807, 2.05) is 13.8 Å². The van der Waals surface area contributed by atoms with Gasteiger partial charge in [-0.25, -0.2) is 0 Å². The molecule has 21 heavy (non-hydrogen) atoms. The summed E-state index contributed by atoms with van der Waals surface area (Å²) >= 11 is 0. The first-order chi connectivity index (χ1) is 9.97. The summed E-state index contributed by atoms with van der Waals surface area (Å²) in [6.45, 7) is 3.67. The lowest BCUT2D eigenvalue weighted by atomic mass is 10.1. The Hall–Kier alpha value is -1.63. The van der Waals surface area contributed by atoms with E-state index in [1.165, 1.54) is 0 Å². The van der Waals surface area contributed by atoms with E-state index in [1.54, 1.807) is 18.2 Å². The number of nitro groups is 1. The Morgan fingerprint density at radius 1 is 1.38 bits per heavy atom. The third-order valence-electron chi connectivity index (χ3n) is 3.29. The molecule has 0 bridgehead atoms. The van der Waals surface area contributed by atoms with Crippen LogP contribution in [0, 0.1) is 10.1 Å². The van der Waals surface area contributed by atoms with Gasteiger partial charge in [0.1, 0.15) is 5.69 Å². The average molecular weight is 312 g/mol. The molecule has 0 radical (unpaired) electrons. The highest BCUT2D eigenvalue weighted by Crippen LogP contribution is 2.36. The fourth-order valence-corrected chi connectivity index (χ4v) is 3.63. The zero-order chi connectivity index (χ0) is 15.4. The van der Waals surface area contributed by atoms with Gasteiger partial charge in [-0.3, -0.25) is 14.3 Å². The number of hydrogen-bond acceptors (Lipinski definition) is 5. The lowest BCUT2D eigenvalue weighted by Gasteiger charge is -2.23. The molecule has 0 unspecified atom stereocenters. The van der Waals surface area contributed by atoms with Crippen LogP contribution in [0.1, 0.15) is 26.7 Å². The smallest absolute Gasteiger partial charge is 0.333 e. The first kappa shape index (κ1) is 15.8. The van der Waals surface area contributed by atoms with E-state index in [0.717, 1.165) is 12.8 Å².